The van der Waals surface area contributed by atoms with E-state index in [4.69, 9.17) is 18.9 Å². The highest BCUT2D eigenvalue weighted by Gasteiger charge is 2.36. The third-order valence-corrected chi connectivity index (χ3v) is 3.79. The normalized spacial score (nSPS) is 19.9. The van der Waals surface area contributed by atoms with Gasteiger partial charge in [-0.2, -0.15) is 0 Å². The van der Waals surface area contributed by atoms with Crippen molar-refractivity contribution in [1.29, 1.82) is 0 Å². The SMILES string of the molecule is CCOCCNC(=O)[C@H]1OCC(=O)N[C@@H]1c1ccc(OC)c(OC)c1. The summed E-state index contributed by atoms with van der Waals surface area (Å²) in [5, 5.41) is 5.56. The van der Waals surface area contributed by atoms with Crippen LogP contribution in [0, 0.1) is 0 Å². The van der Waals surface area contributed by atoms with E-state index in [2.05, 4.69) is 10.6 Å². The van der Waals surface area contributed by atoms with Crippen LogP contribution in [0.25, 0.3) is 0 Å². The zero-order valence-electron chi connectivity index (χ0n) is 14.7. The number of nitrogens with one attached hydrogen (secondary N) is 2. The Hall–Kier alpha value is -2.32. The molecule has 1 aromatic rings. The van der Waals surface area contributed by atoms with Gasteiger partial charge in [0.25, 0.3) is 5.91 Å². The summed E-state index contributed by atoms with van der Waals surface area (Å²) in [6, 6.07) is 4.59. The maximum Gasteiger partial charge on any atom is 0.251 e. The minimum absolute atomic E-state index is 0.159. The number of hydrogen-bond acceptors (Lipinski definition) is 6. The number of morpholine rings is 1. The van der Waals surface area contributed by atoms with Crippen LogP contribution in [0.3, 0.4) is 0 Å². The van der Waals surface area contributed by atoms with Gasteiger partial charge < -0.3 is 29.6 Å². The van der Waals surface area contributed by atoms with E-state index in [1.54, 1.807) is 18.2 Å². The van der Waals surface area contributed by atoms with Crippen molar-refractivity contribution < 1.29 is 28.5 Å². The van der Waals surface area contributed by atoms with Crippen LogP contribution in [0.15, 0.2) is 18.2 Å². The van der Waals surface area contributed by atoms with Crippen molar-refractivity contribution in [3.63, 3.8) is 0 Å². The Labute approximate surface area is 146 Å². The first kappa shape index (κ1) is 19.0. The van der Waals surface area contributed by atoms with E-state index in [0.29, 0.717) is 36.8 Å². The van der Waals surface area contributed by atoms with E-state index < -0.39 is 12.1 Å². The van der Waals surface area contributed by atoms with Gasteiger partial charge in [-0.1, -0.05) is 6.07 Å². The quantitative estimate of drug-likeness (QED) is 0.658. The van der Waals surface area contributed by atoms with Gasteiger partial charge in [0, 0.05) is 13.2 Å². The summed E-state index contributed by atoms with van der Waals surface area (Å²) in [6.45, 7) is 3.10. The summed E-state index contributed by atoms with van der Waals surface area (Å²) in [6.07, 6.45) is -0.836. The molecule has 2 N–H and O–H groups in total. The molecule has 1 aromatic carbocycles. The Morgan fingerprint density at radius 2 is 2.08 bits per heavy atom. The number of amides is 2. The van der Waals surface area contributed by atoms with Gasteiger partial charge in [-0.05, 0) is 24.6 Å². The highest BCUT2D eigenvalue weighted by molar-refractivity contribution is 5.86. The van der Waals surface area contributed by atoms with Gasteiger partial charge in [0.05, 0.1) is 26.9 Å². The monoisotopic (exact) mass is 352 g/mol. The lowest BCUT2D eigenvalue weighted by atomic mass is 9.98. The molecule has 0 saturated carbocycles. The molecule has 2 atom stereocenters. The Morgan fingerprint density at radius 1 is 1.32 bits per heavy atom. The molecule has 25 heavy (non-hydrogen) atoms. The van der Waals surface area contributed by atoms with E-state index >= 15 is 0 Å². The molecule has 1 aliphatic rings. The number of ether oxygens (including phenoxy) is 4. The molecule has 1 saturated heterocycles. The van der Waals surface area contributed by atoms with E-state index in [0.717, 1.165) is 0 Å². The van der Waals surface area contributed by atoms with E-state index in [-0.39, 0.29) is 18.4 Å². The number of carbonyl (C=O) groups excluding carboxylic acids is 2. The van der Waals surface area contributed by atoms with Crippen LogP contribution < -0.4 is 20.1 Å². The third-order valence-electron chi connectivity index (χ3n) is 3.79. The molecule has 0 radical (unpaired) electrons. The molecular formula is C17H24N2O6. The first-order chi connectivity index (χ1) is 12.1. The summed E-state index contributed by atoms with van der Waals surface area (Å²) in [5.74, 6) is 0.486. The lowest BCUT2D eigenvalue weighted by Gasteiger charge is -2.32. The zero-order valence-corrected chi connectivity index (χ0v) is 14.7. The number of hydrogen-bond donors (Lipinski definition) is 2. The number of benzene rings is 1. The first-order valence-electron chi connectivity index (χ1n) is 8.09. The van der Waals surface area contributed by atoms with Gasteiger partial charge in [0.2, 0.25) is 5.91 Å². The second kappa shape index (κ2) is 9.24. The van der Waals surface area contributed by atoms with Gasteiger partial charge in [-0.25, -0.2) is 0 Å². The maximum absolute atomic E-state index is 12.4. The highest BCUT2D eigenvalue weighted by atomic mass is 16.5. The molecule has 138 valence electrons. The van der Waals surface area contributed by atoms with Crippen LogP contribution in [0.4, 0.5) is 0 Å². The van der Waals surface area contributed by atoms with Crippen molar-refractivity contribution in [2.45, 2.75) is 19.1 Å². The third kappa shape index (κ3) is 4.83. The van der Waals surface area contributed by atoms with Gasteiger partial charge in [-0.3, -0.25) is 9.59 Å². The lowest BCUT2D eigenvalue weighted by Crippen LogP contribution is -2.52. The van der Waals surface area contributed by atoms with Crippen LogP contribution in [0.2, 0.25) is 0 Å². The lowest BCUT2D eigenvalue weighted by molar-refractivity contribution is -0.148. The number of carbonyl (C=O) groups is 2. The Bertz CT molecular complexity index is 607. The molecule has 1 fully saturated rings. The topological polar surface area (TPSA) is 95.1 Å². The highest BCUT2D eigenvalue weighted by Crippen LogP contribution is 2.32. The first-order valence-corrected chi connectivity index (χ1v) is 8.09. The van der Waals surface area contributed by atoms with Crippen LogP contribution in [-0.2, 0) is 19.1 Å². The van der Waals surface area contributed by atoms with Crippen molar-refractivity contribution in [1.82, 2.24) is 10.6 Å². The van der Waals surface area contributed by atoms with Gasteiger partial charge in [-0.15, -0.1) is 0 Å². The molecular weight excluding hydrogens is 328 g/mol. The van der Waals surface area contributed by atoms with Crippen molar-refractivity contribution in [3.8, 4) is 11.5 Å². The smallest absolute Gasteiger partial charge is 0.251 e. The molecule has 0 bridgehead atoms. The molecule has 0 unspecified atom stereocenters. The number of methoxy groups -OCH3 is 2. The molecule has 0 spiro atoms. The second-order valence-corrected chi connectivity index (χ2v) is 5.38. The molecule has 1 aliphatic heterocycles. The molecule has 8 nitrogen and oxygen atoms in total. The number of rotatable bonds is 8. The summed E-state index contributed by atoms with van der Waals surface area (Å²) in [7, 11) is 3.06. The molecule has 8 heteroatoms. The predicted molar refractivity (Wildman–Crippen MR) is 89.7 cm³/mol. The summed E-state index contributed by atoms with van der Waals surface area (Å²) < 4.78 is 21.2. The average Bonchev–Trinajstić information content (AvgIpc) is 2.64. The fourth-order valence-electron chi connectivity index (χ4n) is 2.58. The predicted octanol–water partition coefficient (Wildman–Crippen LogP) is 0.413. The average molecular weight is 352 g/mol. The summed E-state index contributed by atoms with van der Waals surface area (Å²) in [4.78, 5) is 24.2. The van der Waals surface area contributed by atoms with Crippen molar-refractivity contribution >= 4 is 11.8 Å². The van der Waals surface area contributed by atoms with Crippen LogP contribution in [0.1, 0.15) is 18.5 Å². The van der Waals surface area contributed by atoms with Crippen molar-refractivity contribution in [2.75, 3.05) is 40.6 Å². The Balaban J connectivity index is 2.16. The van der Waals surface area contributed by atoms with Gasteiger partial charge >= 0.3 is 0 Å². The van der Waals surface area contributed by atoms with Crippen LogP contribution >= 0.6 is 0 Å². The summed E-state index contributed by atoms with van der Waals surface area (Å²) >= 11 is 0. The largest absolute Gasteiger partial charge is 0.493 e. The van der Waals surface area contributed by atoms with E-state index in [1.165, 1.54) is 14.2 Å². The molecule has 0 aliphatic carbocycles. The second-order valence-electron chi connectivity index (χ2n) is 5.38. The maximum atomic E-state index is 12.4. The summed E-state index contributed by atoms with van der Waals surface area (Å²) in [5.41, 5.74) is 0.690. The van der Waals surface area contributed by atoms with Gasteiger partial charge in [0.15, 0.2) is 17.6 Å². The zero-order chi connectivity index (χ0) is 18.2. The van der Waals surface area contributed by atoms with E-state index in [1.807, 2.05) is 6.92 Å². The fourth-order valence-corrected chi connectivity index (χ4v) is 2.58. The standard InChI is InChI=1S/C17H24N2O6/c1-4-24-8-7-18-17(21)16-15(19-14(20)10-25-16)11-5-6-12(22-2)13(9-11)23-3/h5-6,9,15-16H,4,7-8,10H2,1-3H3,(H,18,21)(H,19,20)/t15-,16+/m1/s1. The van der Waals surface area contributed by atoms with E-state index in [9.17, 15) is 9.59 Å². The van der Waals surface area contributed by atoms with Crippen LogP contribution in [0.5, 0.6) is 11.5 Å². The van der Waals surface area contributed by atoms with Crippen molar-refractivity contribution in [3.05, 3.63) is 23.8 Å². The molecule has 0 aromatic heterocycles. The Kier molecular flexibility index (Phi) is 7.03. The minimum Gasteiger partial charge on any atom is -0.493 e. The fraction of sp³-hybridized carbons (Fsp3) is 0.529. The molecule has 1 heterocycles. The molecule has 2 rings (SSSR count). The minimum atomic E-state index is -0.836. The Morgan fingerprint density at radius 3 is 2.76 bits per heavy atom. The van der Waals surface area contributed by atoms with Crippen LogP contribution in [-0.4, -0.2) is 58.5 Å². The molecule has 2 amide bonds. The van der Waals surface area contributed by atoms with Crippen molar-refractivity contribution in [2.24, 2.45) is 0 Å². The van der Waals surface area contributed by atoms with Gasteiger partial charge in [0.1, 0.15) is 6.61 Å².